The molecule has 3 aliphatic heterocycles. The van der Waals surface area contributed by atoms with Crippen molar-refractivity contribution in [1.29, 1.82) is 0 Å². The fraction of sp³-hybridized carbons (Fsp3) is 0.484. The molecule has 37 heavy (non-hydrogen) atoms. The van der Waals surface area contributed by atoms with E-state index in [0.29, 0.717) is 19.1 Å². The first-order valence-corrected chi connectivity index (χ1v) is 14.0. The molecule has 0 aromatic heterocycles. The predicted molar refractivity (Wildman–Crippen MR) is 156 cm³/mol. The third-order valence-corrected chi connectivity index (χ3v) is 7.11. The van der Waals surface area contributed by atoms with Crippen LogP contribution in [0.3, 0.4) is 0 Å². The van der Waals surface area contributed by atoms with E-state index in [-0.39, 0.29) is 5.91 Å². The van der Waals surface area contributed by atoms with Gasteiger partial charge in [0.15, 0.2) is 6.21 Å². The van der Waals surface area contributed by atoms with Crippen molar-refractivity contribution >= 4 is 23.5 Å². The average molecular weight is 505 g/mol. The summed E-state index contributed by atoms with van der Waals surface area (Å²) < 4.78 is 2.24. The number of nitrogens with one attached hydrogen (secondary N) is 1. The molecule has 3 aliphatic rings. The van der Waals surface area contributed by atoms with E-state index in [1.54, 1.807) is 0 Å². The number of hydrogen-bond acceptors (Lipinski definition) is 4. The van der Waals surface area contributed by atoms with Crippen molar-refractivity contribution in [2.24, 2.45) is 0 Å². The Morgan fingerprint density at radius 1 is 0.892 bits per heavy atom. The van der Waals surface area contributed by atoms with Crippen LogP contribution < -0.4 is 10.2 Å². The lowest BCUT2D eigenvalue weighted by molar-refractivity contribution is -0.396. The largest absolute Gasteiger partial charge is 0.369 e. The Kier molecular flexibility index (Phi) is 11.4. The van der Waals surface area contributed by atoms with Gasteiger partial charge in [0, 0.05) is 56.6 Å². The SMILES string of the molecule is CC.CC.C[N+]1=CC(C2=CCN(CC(=O)NCN3CCN(c4ccccc4)CC3)CC2)c2ccccc21. The van der Waals surface area contributed by atoms with Crippen LogP contribution in [0.4, 0.5) is 11.4 Å². The van der Waals surface area contributed by atoms with Gasteiger partial charge in [-0.05, 0) is 18.6 Å². The second-order valence-electron chi connectivity index (χ2n) is 9.26. The number of carbonyl (C=O) groups excluding carboxylic acids is 1. The minimum absolute atomic E-state index is 0.120. The van der Waals surface area contributed by atoms with Crippen LogP contribution in [-0.2, 0) is 4.79 Å². The summed E-state index contributed by atoms with van der Waals surface area (Å²) in [6.45, 7) is 14.8. The molecular formula is C31H46N5O+. The van der Waals surface area contributed by atoms with Crippen molar-refractivity contribution in [2.45, 2.75) is 40.0 Å². The summed E-state index contributed by atoms with van der Waals surface area (Å²) in [6.07, 6.45) is 5.66. The number of benzene rings is 2. The highest BCUT2D eigenvalue weighted by atomic mass is 16.2. The maximum absolute atomic E-state index is 12.6. The lowest BCUT2D eigenvalue weighted by atomic mass is 9.89. The fourth-order valence-electron chi connectivity index (χ4n) is 5.17. The van der Waals surface area contributed by atoms with Gasteiger partial charge in [0.2, 0.25) is 11.6 Å². The predicted octanol–water partition coefficient (Wildman–Crippen LogP) is 4.71. The maximum Gasteiger partial charge on any atom is 0.235 e. The molecule has 2 aromatic rings. The zero-order valence-corrected chi connectivity index (χ0v) is 23.5. The van der Waals surface area contributed by atoms with E-state index in [1.807, 2.05) is 27.7 Å². The van der Waals surface area contributed by atoms with E-state index in [1.165, 1.54) is 22.5 Å². The van der Waals surface area contributed by atoms with E-state index in [0.717, 1.165) is 45.7 Å². The lowest BCUT2D eigenvalue weighted by Crippen LogP contribution is -2.51. The molecule has 0 bridgehead atoms. The Morgan fingerprint density at radius 3 is 2.24 bits per heavy atom. The molecular weight excluding hydrogens is 458 g/mol. The Hall–Kier alpha value is -2.96. The summed E-state index contributed by atoms with van der Waals surface area (Å²) in [5, 5.41) is 3.13. The summed E-state index contributed by atoms with van der Waals surface area (Å²) in [7, 11) is 2.13. The van der Waals surface area contributed by atoms with Crippen molar-refractivity contribution in [2.75, 3.05) is 64.4 Å². The fourth-order valence-corrected chi connectivity index (χ4v) is 5.17. The quantitative estimate of drug-likeness (QED) is 0.457. The van der Waals surface area contributed by atoms with Gasteiger partial charge in [-0.15, -0.1) is 0 Å². The van der Waals surface area contributed by atoms with E-state index in [9.17, 15) is 4.79 Å². The molecule has 1 fully saturated rings. The van der Waals surface area contributed by atoms with Crippen LogP contribution in [0.1, 0.15) is 45.6 Å². The Morgan fingerprint density at radius 2 is 1.57 bits per heavy atom. The standard InChI is InChI=1S/C27H33N5O.2C2H6/c1-29-19-25(24-9-5-6-10-26(24)29)22-11-13-30(14-12-22)20-27(33)28-21-31-15-17-32(18-16-31)23-7-3-2-4-8-23;2*1-2/h2-11,19,25H,12-18,20-21H2,1H3;2*1-2H3/p+1. The molecule has 1 amide bonds. The number of anilines is 1. The summed E-state index contributed by atoms with van der Waals surface area (Å²) in [5.74, 6) is 0.492. The summed E-state index contributed by atoms with van der Waals surface area (Å²) in [5.41, 5.74) is 5.45. The van der Waals surface area contributed by atoms with Crippen molar-refractivity contribution in [3.63, 3.8) is 0 Å². The Bertz CT molecular complexity index is 1040. The van der Waals surface area contributed by atoms with Crippen LogP contribution in [0, 0.1) is 0 Å². The van der Waals surface area contributed by atoms with Crippen LogP contribution in [0.5, 0.6) is 0 Å². The van der Waals surface area contributed by atoms with Gasteiger partial charge in [-0.2, -0.15) is 0 Å². The topological polar surface area (TPSA) is 41.8 Å². The van der Waals surface area contributed by atoms with Gasteiger partial charge < -0.3 is 10.2 Å². The third kappa shape index (κ3) is 7.53. The Labute approximate surface area is 224 Å². The van der Waals surface area contributed by atoms with Crippen molar-refractivity contribution in [1.82, 2.24) is 15.1 Å². The molecule has 0 radical (unpaired) electrons. The molecule has 1 N–H and O–H groups in total. The number of amides is 1. The zero-order chi connectivity index (χ0) is 26.6. The smallest absolute Gasteiger partial charge is 0.235 e. The number of rotatable bonds is 6. The van der Waals surface area contributed by atoms with Gasteiger partial charge in [-0.25, -0.2) is 4.58 Å². The molecule has 1 unspecified atom stereocenters. The van der Waals surface area contributed by atoms with Gasteiger partial charge in [-0.1, -0.05) is 75.7 Å². The van der Waals surface area contributed by atoms with Gasteiger partial charge in [0.05, 0.1) is 19.1 Å². The van der Waals surface area contributed by atoms with Crippen molar-refractivity contribution in [3.8, 4) is 0 Å². The molecule has 6 nitrogen and oxygen atoms in total. The highest BCUT2D eigenvalue weighted by molar-refractivity contribution is 5.78. The minimum atomic E-state index is 0.120. The molecule has 1 atom stereocenters. The van der Waals surface area contributed by atoms with Gasteiger partial charge in [0.1, 0.15) is 7.05 Å². The first kappa shape index (κ1) is 28.6. The number of para-hydroxylation sites is 2. The first-order chi connectivity index (χ1) is 18.2. The van der Waals surface area contributed by atoms with Gasteiger partial charge in [0.25, 0.3) is 0 Å². The zero-order valence-electron chi connectivity index (χ0n) is 23.5. The van der Waals surface area contributed by atoms with E-state index < -0.39 is 0 Å². The number of hydrogen-bond donors (Lipinski definition) is 1. The first-order valence-electron chi connectivity index (χ1n) is 14.0. The van der Waals surface area contributed by atoms with E-state index in [4.69, 9.17) is 0 Å². The van der Waals surface area contributed by atoms with Crippen LogP contribution >= 0.6 is 0 Å². The number of carbonyl (C=O) groups is 1. The van der Waals surface area contributed by atoms with Gasteiger partial charge in [-0.3, -0.25) is 14.6 Å². The molecule has 6 heteroatoms. The normalized spacial score (nSPS) is 19.4. The molecule has 200 valence electrons. The molecule has 0 aliphatic carbocycles. The third-order valence-electron chi connectivity index (χ3n) is 7.11. The van der Waals surface area contributed by atoms with Crippen molar-refractivity contribution < 1.29 is 9.37 Å². The molecule has 5 rings (SSSR count). The second kappa shape index (κ2) is 14.7. The van der Waals surface area contributed by atoms with Gasteiger partial charge >= 0.3 is 0 Å². The number of nitrogens with zero attached hydrogens (tertiary/aromatic N) is 4. The molecule has 1 saturated heterocycles. The van der Waals surface area contributed by atoms with Crippen molar-refractivity contribution in [3.05, 3.63) is 71.8 Å². The summed E-state index contributed by atoms with van der Waals surface area (Å²) in [6, 6.07) is 19.2. The molecule has 0 spiro atoms. The molecule has 0 saturated carbocycles. The molecule has 3 heterocycles. The highest BCUT2D eigenvalue weighted by Crippen LogP contribution is 2.37. The van der Waals surface area contributed by atoms with E-state index in [2.05, 4.69) is 98.5 Å². The average Bonchev–Trinajstić information content (AvgIpc) is 3.31. The molecule has 2 aromatic carbocycles. The monoisotopic (exact) mass is 504 g/mol. The number of fused-ring (bicyclic) bond motifs is 1. The summed E-state index contributed by atoms with van der Waals surface area (Å²) >= 11 is 0. The number of piperazine rings is 1. The van der Waals surface area contributed by atoms with E-state index >= 15 is 0 Å². The summed E-state index contributed by atoms with van der Waals surface area (Å²) in [4.78, 5) is 19.5. The maximum atomic E-state index is 12.6. The Balaban J connectivity index is 0.000000907. The van der Waals surface area contributed by atoms with Crippen LogP contribution in [0.2, 0.25) is 0 Å². The van der Waals surface area contributed by atoms with Crippen LogP contribution in [0.25, 0.3) is 0 Å². The minimum Gasteiger partial charge on any atom is -0.369 e. The lowest BCUT2D eigenvalue weighted by Gasteiger charge is -2.36. The van der Waals surface area contributed by atoms with Crippen LogP contribution in [-0.4, -0.2) is 86.0 Å². The van der Waals surface area contributed by atoms with Crippen LogP contribution in [0.15, 0.2) is 66.2 Å². The highest BCUT2D eigenvalue weighted by Gasteiger charge is 2.32. The second-order valence-corrected chi connectivity index (χ2v) is 9.26.